The molecule has 1 aromatic rings. The predicted octanol–water partition coefficient (Wildman–Crippen LogP) is 1.43. The van der Waals surface area contributed by atoms with E-state index in [4.69, 9.17) is 9.47 Å². The number of hydrogen-bond donors (Lipinski definition) is 1. The summed E-state index contributed by atoms with van der Waals surface area (Å²) in [6.45, 7) is 4.70. The van der Waals surface area contributed by atoms with Crippen LogP contribution in [0.1, 0.15) is 32.4 Å². The number of nitrogens with zero attached hydrogens (tertiary/aromatic N) is 1. The first kappa shape index (κ1) is 17.6. The highest BCUT2D eigenvalue weighted by Gasteiger charge is 2.49. The van der Waals surface area contributed by atoms with Crippen LogP contribution >= 0.6 is 0 Å². The van der Waals surface area contributed by atoms with Crippen molar-refractivity contribution >= 4 is 16.0 Å². The molecule has 2 unspecified atom stereocenters. The summed E-state index contributed by atoms with van der Waals surface area (Å²) in [6.07, 6.45) is 0.206. The minimum absolute atomic E-state index is 0.0273. The Morgan fingerprint density at radius 2 is 2.00 bits per heavy atom. The Kier molecular flexibility index (Phi) is 4.34. The highest BCUT2D eigenvalue weighted by Crippen LogP contribution is 2.45. The first-order chi connectivity index (χ1) is 10.4. The number of fused-ring (bicyclic) bond motifs is 1. The zero-order valence-corrected chi connectivity index (χ0v) is 14.5. The molecule has 128 valence electrons. The van der Waals surface area contributed by atoms with E-state index < -0.39 is 33.7 Å². The SMILES string of the molecule is CC(=O)OC1C(N(C)S(C)(=O)=O)c2cc(O)ccc2OC1(C)C. The van der Waals surface area contributed by atoms with Crippen molar-refractivity contribution in [3.05, 3.63) is 23.8 Å². The molecule has 7 nitrogen and oxygen atoms in total. The summed E-state index contributed by atoms with van der Waals surface area (Å²) in [5.74, 6) is -0.126. The number of phenolic OH excluding ortho intramolecular Hbond substituents is 1. The summed E-state index contributed by atoms with van der Waals surface area (Å²) >= 11 is 0. The normalized spacial score (nSPS) is 23.0. The zero-order chi connectivity index (χ0) is 17.6. The zero-order valence-electron chi connectivity index (χ0n) is 13.7. The largest absolute Gasteiger partial charge is 0.508 e. The van der Waals surface area contributed by atoms with Gasteiger partial charge in [-0.2, -0.15) is 4.31 Å². The molecule has 0 amide bonds. The molecule has 8 heteroatoms. The van der Waals surface area contributed by atoms with E-state index in [9.17, 15) is 18.3 Å². The molecule has 0 spiro atoms. The van der Waals surface area contributed by atoms with Gasteiger partial charge in [0.25, 0.3) is 0 Å². The van der Waals surface area contributed by atoms with Crippen LogP contribution in [0.3, 0.4) is 0 Å². The molecule has 0 aliphatic carbocycles. The molecule has 2 atom stereocenters. The number of likely N-dealkylation sites (N-methyl/N-ethyl adjacent to an activating group) is 1. The van der Waals surface area contributed by atoms with Crippen molar-refractivity contribution in [3.8, 4) is 11.5 Å². The topological polar surface area (TPSA) is 93.1 Å². The molecule has 1 aliphatic rings. The Morgan fingerprint density at radius 3 is 2.52 bits per heavy atom. The second kappa shape index (κ2) is 5.68. The summed E-state index contributed by atoms with van der Waals surface area (Å²) in [7, 11) is -2.16. The molecule has 0 fully saturated rings. The maximum atomic E-state index is 12.0. The molecule has 23 heavy (non-hydrogen) atoms. The van der Waals surface area contributed by atoms with Gasteiger partial charge >= 0.3 is 5.97 Å². The molecule has 1 aliphatic heterocycles. The van der Waals surface area contributed by atoms with Gasteiger partial charge in [0.1, 0.15) is 17.1 Å². The van der Waals surface area contributed by atoms with E-state index in [1.165, 1.54) is 26.1 Å². The van der Waals surface area contributed by atoms with Crippen molar-refractivity contribution in [3.63, 3.8) is 0 Å². The van der Waals surface area contributed by atoms with Crippen LogP contribution in [0, 0.1) is 0 Å². The van der Waals surface area contributed by atoms with Gasteiger partial charge in [-0.15, -0.1) is 0 Å². The van der Waals surface area contributed by atoms with Gasteiger partial charge in [-0.1, -0.05) is 0 Å². The van der Waals surface area contributed by atoms with Gasteiger partial charge in [-0.25, -0.2) is 8.42 Å². The van der Waals surface area contributed by atoms with Crippen LogP contribution in [0.4, 0.5) is 0 Å². The molecule has 1 heterocycles. The molecule has 0 aromatic heterocycles. The van der Waals surface area contributed by atoms with E-state index in [0.717, 1.165) is 10.6 Å². The van der Waals surface area contributed by atoms with E-state index >= 15 is 0 Å². The van der Waals surface area contributed by atoms with E-state index in [1.54, 1.807) is 19.9 Å². The van der Waals surface area contributed by atoms with Crippen molar-refractivity contribution in [2.75, 3.05) is 13.3 Å². The van der Waals surface area contributed by atoms with Crippen LogP contribution in [0.25, 0.3) is 0 Å². The summed E-state index contributed by atoms with van der Waals surface area (Å²) in [5.41, 5.74) is -0.497. The molecule has 2 rings (SSSR count). The number of rotatable bonds is 3. The van der Waals surface area contributed by atoms with Gasteiger partial charge < -0.3 is 14.6 Å². The van der Waals surface area contributed by atoms with E-state index in [2.05, 4.69) is 0 Å². The van der Waals surface area contributed by atoms with Crippen molar-refractivity contribution in [2.45, 2.75) is 38.5 Å². The van der Waals surface area contributed by atoms with Gasteiger partial charge in [0.05, 0.1) is 12.3 Å². The van der Waals surface area contributed by atoms with Crippen molar-refractivity contribution in [1.29, 1.82) is 0 Å². The van der Waals surface area contributed by atoms with Gasteiger partial charge in [0, 0.05) is 19.5 Å². The van der Waals surface area contributed by atoms with Gasteiger partial charge in [0.15, 0.2) is 6.10 Å². The number of esters is 1. The third kappa shape index (κ3) is 3.42. The molecule has 0 radical (unpaired) electrons. The fraction of sp³-hybridized carbons (Fsp3) is 0.533. The molecule has 0 bridgehead atoms. The maximum Gasteiger partial charge on any atom is 0.303 e. The smallest absolute Gasteiger partial charge is 0.303 e. The number of carbonyl (C=O) groups is 1. The summed E-state index contributed by atoms with van der Waals surface area (Å²) in [5, 5.41) is 9.76. The number of sulfonamides is 1. The Labute approximate surface area is 135 Å². The maximum absolute atomic E-state index is 12.0. The fourth-order valence-electron chi connectivity index (χ4n) is 2.72. The lowest BCUT2D eigenvalue weighted by atomic mass is 9.86. The lowest BCUT2D eigenvalue weighted by molar-refractivity contribution is -0.165. The van der Waals surface area contributed by atoms with Crippen LogP contribution < -0.4 is 4.74 Å². The Bertz CT molecular complexity index is 727. The first-order valence-corrected chi connectivity index (χ1v) is 8.90. The van der Waals surface area contributed by atoms with E-state index in [1.807, 2.05) is 0 Å². The second-order valence-electron chi connectivity index (χ2n) is 6.18. The average molecular weight is 343 g/mol. The summed E-state index contributed by atoms with van der Waals surface area (Å²) in [6, 6.07) is 3.64. The van der Waals surface area contributed by atoms with Crippen LogP contribution in [0.15, 0.2) is 18.2 Å². The van der Waals surface area contributed by atoms with Crippen LogP contribution in [-0.4, -0.2) is 48.8 Å². The minimum Gasteiger partial charge on any atom is -0.508 e. The van der Waals surface area contributed by atoms with Crippen molar-refractivity contribution < 1.29 is 27.8 Å². The van der Waals surface area contributed by atoms with Gasteiger partial charge in [-0.05, 0) is 32.0 Å². The number of carbonyl (C=O) groups excluding carboxylic acids is 1. The molecular weight excluding hydrogens is 322 g/mol. The third-order valence-electron chi connectivity index (χ3n) is 3.86. The average Bonchev–Trinajstić information content (AvgIpc) is 2.38. The number of phenols is 1. The molecule has 0 saturated heterocycles. The fourth-order valence-corrected chi connectivity index (χ4v) is 3.36. The summed E-state index contributed by atoms with van der Waals surface area (Å²) in [4.78, 5) is 11.5. The second-order valence-corrected chi connectivity index (χ2v) is 8.22. The number of benzene rings is 1. The molecule has 1 N–H and O–H groups in total. The van der Waals surface area contributed by atoms with E-state index in [-0.39, 0.29) is 5.75 Å². The lowest BCUT2D eigenvalue weighted by Gasteiger charge is -2.46. The van der Waals surface area contributed by atoms with Crippen LogP contribution in [0.5, 0.6) is 11.5 Å². The highest BCUT2D eigenvalue weighted by atomic mass is 32.2. The first-order valence-electron chi connectivity index (χ1n) is 7.05. The summed E-state index contributed by atoms with van der Waals surface area (Å²) < 4.78 is 36.5. The van der Waals surface area contributed by atoms with Crippen molar-refractivity contribution in [2.24, 2.45) is 0 Å². The van der Waals surface area contributed by atoms with Crippen LogP contribution in [-0.2, 0) is 19.6 Å². The predicted molar refractivity (Wildman–Crippen MR) is 83.7 cm³/mol. The monoisotopic (exact) mass is 343 g/mol. The number of aromatic hydroxyl groups is 1. The quantitative estimate of drug-likeness (QED) is 0.835. The number of ether oxygens (including phenoxy) is 2. The van der Waals surface area contributed by atoms with Crippen LogP contribution in [0.2, 0.25) is 0 Å². The lowest BCUT2D eigenvalue weighted by Crippen LogP contribution is -2.55. The minimum atomic E-state index is -3.57. The van der Waals surface area contributed by atoms with Gasteiger partial charge in [0.2, 0.25) is 10.0 Å². The standard InChI is InChI=1S/C15H21NO6S/c1-9(17)21-14-13(16(4)23(5,19)20)11-8-10(18)6-7-12(11)22-15(14,2)3/h6-8,13-14,18H,1-5H3. The highest BCUT2D eigenvalue weighted by molar-refractivity contribution is 7.88. The Morgan fingerprint density at radius 1 is 1.39 bits per heavy atom. The Balaban J connectivity index is 2.66. The molecule has 0 saturated carbocycles. The van der Waals surface area contributed by atoms with Crippen molar-refractivity contribution in [1.82, 2.24) is 4.31 Å². The number of hydrogen-bond acceptors (Lipinski definition) is 6. The third-order valence-corrected chi connectivity index (χ3v) is 5.14. The van der Waals surface area contributed by atoms with Gasteiger partial charge in [-0.3, -0.25) is 4.79 Å². The molecular formula is C15H21NO6S. The van der Waals surface area contributed by atoms with E-state index in [0.29, 0.717) is 11.3 Å². The molecule has 1 aromatic carbocycles. The Hall–Kier alpha value is -1.80.